The molecular weight excluding hydrogens is 508 g/mol. The van der Waals surface area contributed by atoms with Gasteiger partial charge in [0, 0.05) is 12.1 Å². The number of aliphatic hydroxyl groups is 1. The Bertz CT molecular complexity index is 1160. The summed E-state index contributed by atoms with van der Waals surface area (Å²) >= 11 is 0. The number of ketones is 1. The van der Waals surface area contributed by atoms with Gasteiger partial charge in [-0.1, -0.05) is 32.8 Å². The van der Waals surface area contributed by atoms with E-state index in [0.717, 1.165) is 32.2 Å². The van der Waals surface area contributed by atoms with Crippen LogP contribution >= 0.6 is 0 Å². The quantitative estimate of drug-likeness (QED) is 0.122. The van der Waals surface area contributed by atoms with Gasteiger partial charge in [-0.15, -0.1) is 0 Å². The molecule has 1 aliphatic rings. The zero-order valence-corrected chi connectivity index (χ0v) is 24.6. The lowest BCUT2D eigenvalue weighted by Crippen LogP contribution is -2.32. The van der Waals surface area contributed by atoms with Gasteiger partial charge in [0.2, 0.25) is 0 Å². The third-order valence-corrected chi connectivity index (χ3v) is 6.73. The van der Waals surface area contributed by atoms with E-state index in [2.05, 4.69) is 6.92 Å². The topological polar surface area (TPSA) is 88.5 Å². The highest BCUT2D eigenvalue weighted by Gasteiger charge is 2.46. The SMILES string of the molecule is CCCCCOc1ccc(C2C(=C(O)c3ccc(OCCC)cc3)C(=O)C(=O)N2CCCN(C)C)cc1OCC. The number of ether oxygens (including phenoxy) is 3. The van der Waals surface area contributed by atoms with Crippen molar-refractivity contribution in [2.24, 2.45) is 0 Å². The number of likely N-dealkylation sites (tertiary alicyclic amines) is 1. The first-order chi connectivity index (χ1) is 19.3. The molecule has 0 radical (unpaired) electrons. The van der Waals surface area contributed by atoms with Gasteiger partial charge in [0.25, 0.3) is 11.7 Å². The summed E-state index contributed by atoms with van der Waals surface area (Å²) in [6.45, 7) is 8.79. The number of benzene rings is 2. The lowest BCUT2D eigenvalue weighted by atomic mass is 9.95. The predicted molar refractivity (Wildman–Crippen MR) is 157 cm³/mol. The summed E-state index contributed by atoms with van der Waals surface area (Å²) in [7, 11) is 3.93. The fraction of sp³-hybridized carbons (Fsp3) is 0.500. The number of aliphatic hydroxyl groups excluding tert-OH is 1. The summed E-state index contributed by atoms with van der Waals surface area (Å²) in [5, 5.41) is 11.4. The van der Waals surface area contributed by atoms with Gasteiger partial charge >= 0.3 is 0 Å². The van der Waals surface area contributed by atoms with Crippen LogP contribution in [-0.4, -0.2) is 73.6 Å². The molecule has 1 unspecified atom stereocenters. The summed E-state index contributed by atoms with van der Waals surface area (Å²) in [5.74, 6) is 0.317. The summed E-state index contributed by atoms with van der Waals surface area (Å²) in [6, 6.07) is 11.7. The number of nitrogens with zero attached hydrogens (tertiary/aromatic N) is 2. The average Bonchev–Trinajstić information content (AvgIpc) is 3.19. The molecular formula is C32H44N2O6. The number of hydrogen-bond acceptors (Lipinski definition) is 7. The van der Waals surface area contributed by atoms with Crippen LogP contribution in [0.3, 0.4) is 0 Å². The first kappa shape index (κ1) is 31.0. The molecule has 8 nitrogen and oxygen atoms in total. The summed E-state index contributed by atoms with van der Waals surface area (Å²) in [4.78, 5) is 30.3. The van der Waals surface area contributed by atoms with Gasteiger partial charge in [-0.3, -0.25) is 9.59 Å². The molecule has 8 heteroatoms. The molecule has 2 aromatic carbocycles. The standard InChI is InChI=1S/C32H44N2O6/c1-6-9-10-21-40-26-17-14-24(22-27(26)38-8-3)29-28(31(36)32(37)34(29)19-11-18-33(4)5)30(35)23-12-15-25(16-13-23)39-20-7-2/h12-17,22,29,35H,6-11,18-21H2,1-5H3. The minimum absolute atomic E-state index is 0.0659. The largest absolute Gasteiger partial charge is 0.507 e. The van der Waals surface area contributed by atoms with Gasteiger partial charge in [-0.25, -0.2) is 0 Å². The van der Waals surface area contributed by atoms with E-state index in [4.69, 9.17) is 14.2 Å². The van der Waals surface area contributed by atoms with Crippen LogP contribution < -0.4 is 14.2 Å². The third-order valence-electron chi connectivity index (χ3n) is 6.73. The molecule has 0 bridgehead atoms. The van der Waals surface area contributed by atoms with Crippen molar-refractivity contribution in [3.8, 4) is 17.2 Å². The Morgan fingerprint density at radius 1 is 0.875 bits per heavy atom. The Morgan fingerprint density at radius 2 is 1.62 bits per heavy atom. The first-order valence-electron chi connectivity index (χ1n) is 14.4. The van der Waals surface area contributed by atoms with Crippen molar-refractivity contribution in [1.82, 2.24) is 9.80 Å². The second kappa shape index (κ2) is 15.3. The number of unbranched alkanes of at least 4 members (excludes halogenated alkanes) is 2. The number of hydrogen-bond donors (Lipinski definition) is 1. The number of Topliss-reactive ketones (excluding diaryl/α,β-unsaturated/α-hetero) is 1. The van der Waals surface area contributed by atoms with Gasteiger partial charge in [0.1, 0.15) is 11.5 Å². The smallest absolute Gasteiger partial charge is 0.295 e. The van der Waals surface area contributed by atoms with E-state index in [9.17, 15) is 14.7 Å². The Balaban J connectivity index is 2.04. The van der Waals surface area contributed by atoms with Crippen LogP contribution in [0.2, 0.25) is 0 Å². The molecule has 0 aliphatic carbocycles. The minimum atomic E-state index is -0.758. The van der Waals surface area contributed by atoms with Crippen LogP contribution in [0, 0.1) is 0 Å². The van der Waals surface area contributed by atoms with Crippen LogP contribution in [0.1, 0.15) is 70.0 Å². The normalized spacial score (nSPS) is 16.6. The van der Waals surface area contributed by atoms with E-state index < -0.39 is 17.7 Å². The molecule has 1 fully saturated rings. The number of carbonyl (C=O) groups is 2. The molecule has 1 amide bonds. The Hall–Kier alpha value is -3.52. The van der Waals surface area contributed by atoms with Gasteiger partial charge < -0.3 is 29.1 Å². The zero-order chi connectivity index (χ0) is 29.1. The van der Waals surface area contributed by atoms with E-state index in [1.165, 1.54) is 0 Å². The fourth-order valence-electron chi connectivity index (χ4n) is 4.72. The maximum atomic E-state index is 13.4. The summed E-state index contributed by atoms with van der Waals surface area (Å²) in [6.07, 6.45) is 4.68. The molecule has 0 spiro atoms. The van der Waals surface area contributed by atoms with Gasteiger partial charge in [0.05, 0.1) is 31.4 Å². The monoisotopic (exact) mass is 552 g/mol. The van der Waals surface area contributed by atoms with Crippen LogP contribution in [0.15, 0.2) is 48.0 Å². The van der Waals surface area contributed by atoms with E-state index in [0.29, 0.717) is 61.2 Å². The Morgan fingerprint density at radius 3 is 2.27 bits per heavy atom. The highest BCUT2D eigenvalue weighted by molar-refractivity contribution is 6.46. The second-order valence-electron chi connectivity index (χ2n) is 10.2. The molecule has 1 N–H and O–H groups in total. The van der Waals surface area contributed by atoms with E-state index in [-0.39, 0.29) is 11.3 Å². The lowest BCUT2D eigenvalue weighted by Gasteiger charge is -2.26. The molecule has 1 atom stereocenters. The highest BCUT2D eigenvalue weighted by Crippen LogP contribution is 2.42. The molecule has 40 heavy (non-hydrogen) atoms. The zero-order valence-electron chi connectivity index (χ0n) is 24.6. The van der Waals surface area contributed by atoms with E-state index in [1.54, 1.807) is 29.2 Å². The van der Waals surface area contributed by atoms with Crippen LogP contribution in [0.4, 0.5) is 0 Å². The van der Waals surface area contributed by atoms with Crippen molar-refractivity contribution < 1.29 is 28.9 Å². The van der Waals surface area contributed by atoms with Gasteiger partial charge in [-0.05, 0) is 88.8 Å². The van der Waals surface area contributed by atoms with Crippen LogP contribution in [-0.2, 0) is 9.59 Å². The molecule has 2 aromatic rings. The Labute approximate surface area is 238 Å². The third kappa shape index (κ3) is 7.78. The molecule has 218 valence electrons. The molecule has 1 saturated heterocycles. The van der Waals surface area contributed by atoms with Crippen molar-refractivity contribution in [1.29, 1.82) is 0 Å². The van der Waals surface area contributed by atoms with E-state index in [1.807, 2.05) is 51.0 Å². The maximum Gasteiger partial charge on any atom is 0.295 e. The van der Waals surface area contributed by atoms with Crippen LogP contribution in [0.5, 0.6) is 17.2 Å². The van der Waals surface area contributed by atoms with Crippen molar-refractivity contribution in [3.63, 3.8) is 0 Å². The van der Waals surface area contributed by atoms with Gasteiger partial charge in [0.15, 0.2) is 11.5 Å². The second-order valence-corrected chi connectivity index (χ2v) is 10.2. The number of rotatable bonds is 16. The summed E-state index contributed by atoms with van der Waals surface area (Å²) in [5.41, 5.74) is 1.19. The fourth-order valence-corrected chi connectivity index (χ4v) is 4.72. The predicted octanol–water partition coefficient (Wildman–Crippen LogP) is 5.82. The van der Waals surface area contributed by atoms with Crippen molar-refractivity contribution in [2.45, 2.75) is 58.9 Å². The van der Waals surface area contributed by atoms with E-state index >= 15 is 0 Å². The molecule has 0 aromatic heterocycles. The highest BCUT2D eigenvalue weighted by atomic mass is 16.5. The van der Waals surface area contributed by atoms with Crippen molar-refractivity contribution in [3.05, 3.63) is 59.2 Å². The molecule has 1 aliphatic heterocycles. The molecule has 3 rings (SSSR count). The Kier molecular flexibility index (Phi) is 11.9. The average molecular weight is 553 g/mol. The lowest BCUT2D eigenvalue weighted by molar-refractivity contribution is -0.139. The molecule has 1 heterocycles. The summed E-state index contributed by atoms with van der Waals surface area (Å²) < 4.78 is 17.6. The van der Waals surface area contributed by atoms with Crippen molar-refractivity contribution >= 4 is 17.4 Å². The number of amides is 1. The first-order valence-corrected chi connectivity index (χ1v) is 14.4. The number of carbonyl (C=O) groups excluding carboxylic acids is 2. The molecule has 0 saturated carbocycles. The minimum Gasteiger partial charge on any atom is -0.507 e. The van der Waals surface area contributed by atoms with Crippen LogP contribution in [0.25, 0.3) is 5.76 Å². The maximum absolute atomic E-state index is 13.4. The van der Waals surface area contributed by atoms with Crippen molar-refractivity contribution in [2.75, 3.05) is 47.0 Å². The van der Waals surface area contributed by atoms with Gasteiger partial charge in [-0.2, -0.15) is 0 Å².